The van der Waals surface area contributed by atoms with Crippen molar-refractivity contribution in [3.05, 3.63) is 169 Å². The SMILES string of the molecule is CC1(C)c2cc(-c3ccc(-c4c5ccccc5c(-c5ccccc5)c5ccccc45)cc3)ccc2-c2c1ccc1sc3ccccc3c21. The summed E-state index contributed by atoms with van der Waals surface area (Å²) in [6, 6.07) is 58.6. The lowest BCUT2D eigenvalue weighted by molar-refractivity contribution is 0.661. The van der Waals surface area contributed by atoms with E-state index < -0.39 is 0 Å². The molecule has 0 atom stereocenters. The van der Waals surface area contributed by atoms with Gasteiger partial charge in [-0.25, -0.2) is 0 Å². The van der Waals surface area contributed by atoms with Crippen LogP contribution < -0.4 is 0 Å². The molecule has 0 amide bonds. The van der Waals surface area contributed by atoms with E-state index in [9.17, 15) is 0 Å². The van der Waals surface area contributed by atoms with Gasteiger partial charge in [0.2, 0.25) is 0 Å². The monoisotopic (exact) mass is 628 g/mol. The van der Waals surface area contributed by atoms with Crippen LogP contribution in [-0.4, -0.2) is 0 Å². The molecule has 0 fully saturated rings. The Labute approximate surface area is 284 Å². The zero-order chi connectivity index (χ0) is 32.0. The molecule has 0 aliphatic heterocycles. The van der Waals surface area contributed by atoms with Crippen molar-refractivity contribution in [3.8, 4) is 44.5 Å². The van der Waals surface area contributed by atoms with Crippen LogP contribution >= 0.6 is 11.3 Å². The molecule has 8 aromatic carbocycles. The maximum absolute atomic E-state index is 2.45. The molecule has 0 radical (unpaired) electrons. The van der Waals surface area contributed by atoms with E-state index in [4.69, 9.17) is 0 Å². The Balaban J connectivity index is 1.11. The van der Waals surface area contributed by atoms with Crippen molar-refractivity contribution in [2.45, 2.75) is 19.3 Å². The molecule has 9 aromatic rings. The molecule has 0 spiro atoms. The molecule has 10 rings (SSSR count). The molecule has 1 heteroatoms. The minimum Gasteiger partial charge on any atom is -0.135 e. The first-order chi connectivity index (χ1) is 23.6. The van der Waals surface area contributed by atoms with E-state index >= 15 is 0 Å². The molecular formula is C47H32S. The van der Waals surface area contributed by atoms with Gasteiger partial charge in [-0.05, 0) is 95.4 Å². The second-order valence-corrected chi connectivity index (χ2v) is 14.7. The second-order valence-electron chi connectivity index (χ2n) is 13.6. The number of hydrogen-bond acceptors (Lipinski definition) is 1. The molecular weight excluding hydrogens is 597 g/mol. The number of rotatable bonds is 3. The van der Waals surface area contributed by atoms with E-state index in [1.807, 2.05) is 11.3 Å². The molecule has 1 aliphatic carbocycles. The third kappa shape index (κ3) is 3.89. The van der Waals surface area contributed by atoms with Gasteiger partial charge in [-0.1, -0.05) is 153 Å². The Morgan fingerprint density at radius 1 is 0.375 bits per heavy atom. The molecule has 226 valence electrons. The van der Waals surface area contributed by atoms with Gasteiger partial charge >= 0.3 is 0 Å². The van der Waals surface area contributed by atoms with Gasteiger partial charge in [-0.15, -0.1) is 11.3 Å². The van der Waals surface area contributed by atoms with Crippen LogP contribution in [0, 0.1) is 0 Å². The minimum absolute atomic E-state index is 0.0732. The fourth-order valence-electron chi connectivity index (χ4n) is 8.41. The van der Waals surface area contributed by atoms with Crippen molar-refractivity contribution in [2.24, 2.45) is 0 Å². The average molecular weight is 629 g/mol. The van der Waals surface area contributed by atoms with E-state index in [1.165, 1.54) is 97.4 Å². The van der Waals surface area contributed by atoms with Gasteiger partial charge in [0.05, 0.1) is 0 Å². The van der Waals surface area contributed by atoms with Crippen LogP contribution in [0.15, 0.2) is 158 Å². The third-order valence-electron chi connectivity index (χ3n) is 10.7. The molecule has 0 saturated heterocycles. The molecule has 1 aliphatic rings. The van der Waals surface area contributed by atoms with Crippen LogP contribution in [0.4, 0.5) is 0 Å². The summed E-state index contributed by atoms with van der Waals surface area (Å²) >= 11 is 1.90. The lowest BCUT2D eigenvalue weighted by atomic mass is 9.81. The summed E-state index contributed by atoms with van der Waals surface area (Å²) in [5.74, 6) is 0. The first kappa shape index (κ1) is 27.6. The Hall–Kier alpha value is -5.50. The highest BCUT2D eigenvalue weighted by molar-refractivity contribution is 7.26. The van der Waals surface area contributed by atoms with E-state index in [0.29, 0.717) is 0 Å². The summed E-state index contributed by atoms with van der Waals surface area (Å²) in [6.45, 7) is 4.78. The van der Waals surface area contributed by atoms with E-state index in [2.05, 4.69) is 172 Å². The molecule has 0 bridgehead atoms. The van der Waals surface area contributed by atoms with E-state index in [-0.39, 0.29) is 5.41 Å². The van der Waals surface area contributed by atoms with Crippen molar-refractivity contribution < 1.29 is 0 Å². The fourth-order valence-corrected chi connectivity index (χ4v) is 9.52. The lowest BCUT2D eigenvalue weighted by Gasteiger charge is -2.22. The number of hydrogen-bond donors (Lipinski definition) is 0. The summed E-state index contributed by atoms with van der Waals surface area (Å²) in [4.78, 5) is 0. The Morgan fingerprint density at radius 3 is 1.54 bits per heavy atom. The van der Waals surface area contributed by atoms with Crippen molar-refractivity contribution in [1.29, 1.82) is 0 Å². The van der Waals surface area contributed by atoms with Crippen molar-refractivity contribution in [2.75, 3.05) is 0 Å². The zero-order valence-electron chi connectivity index (χ0n) is 26.9. The molecule has 0 saturated carbocycles. The quantitative estimate of drug-likeness (QED) is 0.171. The van der Waals surface area contributed by atoms with Gasteiger partial charge in [0.25, 0.3) is 0 Å². The van der Waals surface area contributed by atoms with Gasteiger partial charge in [0, 0.05) is 25.6 Å². The van der Waals surface area contributed by atoms with E-state index in [0.717, 1.165) is 0 Å². The predicted octanol–water partition coefficient (Wildman–Crippen LogP) is 13.7. The molecule has 0 unspecified atom stereocenters. The summed E-state index contributed by atoms with van der Waals surface area (Å²) in [5.41, 5.74) is 13.2. The zero-order valence-corrected chi connectivity index (χ0v) is 27.7. The molecule has 48 heavy (non-hydrogen) atoms. The van der Waals surface area contributed by atoms with Crippen LogP contribution in [0.5, 0.6) is 0 Å². The largest absolute Gasteiger partial charge is 0.135 e. The highest BCUT2D eigenvalue weighted by atomic mass is 32.1. The topological polar surface area (TPSA) is 0 Å². The summed E-state index contributed by atoms with van der Waals surface area (Å²) < 4.78 is 2.73. The van der Waals surface area contributed by atoms with Crippen molar-refractivity contribution >= 4 is 53.1 Å². The fraction of sp³-hybridized carbons (Fsp3) is 0.0638. The van der Waals surface area contributed by atoms with Crippen LogP contribution in [0.1, 0.15) is 25.0 Å². The number of benzene rings is 8. The van der Waals surface area contributed by atoms with Gasteiger partial charge < -0.3 is 0 Å². The summed E-state index contributed by atoms with van der Waals surface area (Å²) in [7, 11) is 0. The highest BCUT2D eigenvalue weighted by Gasteiger charge is 2.37. The smallest absolute Gasteiger partial charge is 0.0361 e. The standard InChI is InChI=1S/C47H32S/c1-47(2)39-26-27-42-46(38-18-10-11-19-41(38)48-42)45(39)37-25-24-32(28-40(37)47)29-20-22-31(23-21-29)44-35-16-8-6-14-33(35)43(30-12-4-3-5-13-30)34-15-7-9-17-36(34)44/h3-28H,1-2H3. The van der Waals surface area contributed by atoms with Gasteiger partial charge in [-0.2, -0.15) is 0 Å². The van der Waals surface area contributed by atoms with Crippen molar-refractivity contribution in [3.63, 3.8) is 0 Å². The van der Waals surface area contributed by atoms with Crippen LogP contribution in [0.25, 0.3) is 86.2 Å². The van der Waals surface area contributed by atoms with Crippen LogP contribution in [0.2, 0.25) is 0 Å². The Morgan fingerprint density at radius 2 is 0.896 bits per heavy atom. The first-order valence-corrected chi connectivity index (χ1v) is 17.6. The maximum atomic E-state index is 2.45. The summed E-state index contributed by atoms with van der Waals surface area (Å²) in [5, 5.41) is 7.92. The third-order valence-corrected chi connectivity index (χ3v) is 11.8. The Bertz CT molecular complexity index is 2670. The number of fused-ring (bicyclic) bond motifs is 9. The van der Waals surface area contributed by atoms with Gasteiger partial charge in [-0.3, -0.25) is 0 Å². The normalized spacial score (nSPS) is 13.4. The highest BCUT2D eigenvalue weighted by Crippen LogP contribution is 2.54. The van der Waals surface area contributed by atoms with Gasteiger partial charge in [0.15, 0.2) is 0 Å². The molecule has 0 nitrogen and oxygen atoms in total. The predicted molar refractivity (Wildman–Crippen MR) is 208 cm³/mol. The van der Waals surface area contributed by atoms with E-state index in [1.54, 1.807) is 0 Å². The molecule has 0 N–H and O–H groups in total. The molecule has 1 heterocycles. The average Bonchev–Trinajstić information content (AvgIpc) is 3.62. The van der Waals surface area contributed by atoms with Crippen LogP contribution in [-0.2, 0) is 5.41 Å². The maximum Gasteiger partial charge on any atom is 0.0361 e. The van der Waals surface area contributed by atoms with Crippen LogP contribution in [0.3, 0.4) is 0 Å². The minimum atomic E-state index is -0.0732. The summed E-state index contributed by atoms with van der Waals surface area (Å²) in [6.07, 6.45) is 0. The number of thiophene rings is 1. The first-order valence-electron chi connectivity index (χ1n) is 16.8. The Kier molecular flexibility index (Phi) is 5.89. The molecule has 1 aromatic heterocycles. The van der Waals surface area contributed by atoms with Gasteiger partial charge in [0.1, 0.15) is 0 Å². The lowest BCUT2D eigenvalue weighted by Crippen LogP contribution is -2.14. The van der Waals surface area contributed by atoms with Crippen molar-refractivity contribution in [1.82, 2.24) is 0 Å². The second kappa shape index (κ2) is 10.2.